The van der Waals surface area contributed by atoms with E-state index in [9.17, 15) is 15.0 Å². The predicted octanol–water partition coefficient (Wildman–Crippen LogP) is -0.00600. The predicted molar refractivity (Wildman–Crippen MR) is 52.4 cm³/mol. The van der Waals surface area contributed by atoms with Crippen molar-refractivity contribution < 1.29 is 15.0 Å². The summed E-state index contributed by atoms with van der Waals surface area (Å²) in [5.41, 5.74) is 0.235. The van der Waals surface area contributed by atoms with E-state index in [-0.39, 0.29) is 17.2 Å². The van der Waals surface area contributed by atoms with Gasteiger partial charge in [0.15, 0.2) is 0 Å². The molecule has 1 saturated heterocycles. The summed E-state index contributed by atoms with van der Waals surface area (Å²) in [6, 6.07) is 1.47. The van der Waals surface area contributed by atoms with Crippen molar-refractivity contribution in [3.8, 4) is 5.75 Å². The van der Waals surface area contributed by atoms with Gasteiger partial charge in [0.05, 0.1) is 17.9 Å². The summed E-state index contributed by atoms with van der Waals surface area (Å²) in [6.45, 7) is 0.863. The number of aromatic hydroxyl groups is 1. The van der Waals surface area contributed by atoms with Crippen LogP contribution in [-0.2, 0) is 0 Å². The van der Waals surface area contributed by atoms with Crippen molar-refractivity contribution in [2.45, 2.75) is 12.5 Å². The number of aliphatic hydroxyl groups excluding tert-OH is 1. The molecule has 1 fully saturated rings. The van der Waals surface area contributed by atoms with Crippen molar-refractivity contribution in [2.75, 3.05) is 13.1 Å². The molecule has 5 nitrogen and oxygen atoms in total. The number of carbonyl (C=O) groups is 1. The highest BCUT2D eigenvalue weighted by molar-refractivity contribution is 5.96. The molecule has 80 valence electrons. The van der Waals surface area contributed by atoms with E-state index >= 15 is 0 Å². The number of pyridine rings is 1. The first kappa shape index (κ1) is 9.92. The first-order valence-corrected chi connectivity index (χ1v) is 4.79. The van der Waals surface area contributed by atoms with E-state index in [1.165, 1.54) is 23.4 Å². The van der Waals surface area contributed by atoms with Crippen LogP contribution in [0.3, 0.4) is 0 Å². The molecule has 0 aromatic carbocycles. The Morgan fingerprint density at radius 3 is 3.00 bits per heavy atom. The highest BCUT2D eigenvalue weighted by Crippen LogP contribution is 2.19. The number of amides is 1. The second kappa shape index (κ2) is 3.86. The van der Waals surface area contributed by atoms with E-state index in [1.54, 1.807) is 0 Å². The standard InChI is InChI=1S/C10H12N2O3/c13-7-2-4-12(6-7)10(15)8-1-3-11-5-9(8)14/h1,3,5,7,13-14H,2,4,6H2. The van der Waals surface area contributed by atoms with Gasteiger partial charge in [-0.1, -0.05) is 0 Å². The number of hydrogen-bond acceptors (Lipinski definition) is 4. The van der Waals surface area contributed by atoms with Crippen molar-refractivity contribution in [2.24, 2.45) is 0 Å². The number of rotatable bonds is 1. The molecule has 1 aliphatic heterocycles. The van der Waals surface area contributed by atoms with E-state index in [2.05, 4.69) is 4.98 Å². The van der Waals surface area contributed by atoms with Gasteiger partial charge in [-0.05, 0) is 12.5 Å². The summed E-state index contributed by atoms with van der Waals surface area (Å²) in [4.78, 5) is 17.1. The Morgan fingerprint density at radius 1 is 1.60 bits per heavy atom. The molecule has 1 aromatic heterocycles. The second-order valence-corrected chi connectivity index (χ2v) is 3.59. The fraction of sp³-hybridized carbons (Fsp3) is 0.400. The molecule has 1 aromatic rings. The van der Waals surface area contributed by atoms with Crippen LogP contribution in [-0.4, -0.2) is 45.2 Å². The Morgan fingerprint density at radius 2 is 2.40 bits per heavy atom. The number of nitrogens with zero attached hydrogens (tertiary/aromatic N) is 2. The average Bonchev–Trinajstić information content (AvgIpc) is 2.65. The SMILES string of the molecule is O=C(c1ccncc1O)N1CCC(O)C1. The van der Waals surface area contributed by atoms with Gasteiger partial charge in [0.2, 0.25) is 0 Å². The van der Waals surface area contributed by atoms with Crippen LogP contribution in [0, 0.1) is 0 Å². The van der Waals surface area contributed by atoms with Gasteiger partial charge < -0.3 is 15.1 Å². The zero-order valence-electron chi connectivity index (χ0n) is 8.13. The van der Waals surface area contributed by atoms with Crippen molar-refractivity contribution in [3.05, 3.63) is 24.0 Å². The highest BCUT2D eigenvalue weighted by Gasteiger charge is 2.26. The van der Waals surface area contributed by atoms with Gasteiger partial charge in [0.25, 0.3) is 5.91 Å². The number of aromatic nitrogens is 1. The lowest BCUT2D eigenvalue weighted by molar-refractivity contribution is 0.0762. The van der Waals surface area contributed by atoms with Gasteiger partial charge >= 0.3 is 0 Å². The molecule has 0 bridgehead atoms. The molecule has 0 spiro atoms. The number of carbonyl (C=O) groups excluding carboxylic acids is 1. The first-order chi connectivity index (χ1) is 7.18. The Hall–Kier alpha value is -1.62. The zero-order chi connectivity index (χ0) is 10.8. The molecule has 5 heteroatoms. The highest BCUT2D eigenvalue weighted by atomic mass is 16.3. The number of likely N-dealkylation sites (tertiary alicyclic amines) is 1. The van der Waals surface area contributed by atoms with E-state index in [0.717, 1.165) is 0 Å². The van der Waals surface area contributed by atoms with Crippen LogP contribution < -0.4 is 0 Å². The van der Waals surface area contributed by atoms with Crippen LogP contribution in [0.15, 0.2) is 18.5 Å². The quantitative estimate of drug-likeness (QED) is 0.681. The topological polar surface area (TPSA) is 73.7 Å². The van der Waals surface area contributed by atoms with E-state index < -0.39 is 6.10 Å². The third-order valence-corrected chi connectivity index (χ3v) is 2.48. The minimum atomic E-state index is -0.446. The molecular weight excluding hydrogens is 196 g/mol. The van der Waals surface area contributed by atoms with Gasteiger partial charge in [0.1, 0.15) is 5.75 Å². The second-order valence-electron chi connectivity index (χ2n) is 3.59. The molecule has 2 N–H and O–H groups in total. The smallest absolute Gasteiger partial charge is 0.257 e. The number of aliphatic hydroxyl groups is 1. The maximum Gasteiger partial charge on any atom is 0.257 e. The van der Waals surface area contributed by atoms with Crippen molar-refractivity contribution in [1.82, 2.24) is 9.88 Å². The van der Waals surface area contributed by atoms with Crippen LogP contribution in [0.5, 0.6) is 5.75 Å². The van der Waals surface area contributed by atoms with Crippen LogP contribution in [0.4, 0.5) is 0 Å². The molecule has 15 heavy (non-hydrogen) atoms. The Labute approximate surface area is 87.0 Å². The van der Waals surface area contributed by atoms with Crippen molar-refractivity contribution >= 4 is 5.91 Å². The minimum Gasteiger partial charge on any atom is -0.505 e. The molecule has 0 saturated carbocycles. The van der Waals surface area contributed by atoms with Crippen molar-refractivity contribution in [1.29, 1.82) is 0 Å². The largest absolute Gasteiger partial charge is 0.505 e. The third-order valence-electron chi connectivity index (χ3n) is 2.48. The molecule has 1 unspecified atom stereocenters. The Balaban J connectivity index is 2.18. The molecule has 2 rings (SSSR count). The van der Waals surface area contributed by atoms with E-state index in [1.807, 2.05) is 0 Å². The lowest BCUT2D eigenvalue weighted by atomic mass is 10.2. The molecule has 1 aliphatic rings. The van der Waals surface area contributed by atoms with Gasteiger partial charge in [-0.3, -0.25) is 9.78 Å². The van der Waals surface area contributed by atoms with E-state index in [0.29, 0.717) is 19.5 Å². The monoisotopic (exact) mass is 208 g/mol. The summed E-state index contributed by atoms with van der Waals surface area (Å²) in [6.07, 6.45) is 2.84. The minimum absolute atomic E-state index is 0.121. The van der Waals surface area contributed by atoms with Gasteiger partial charge in [-0.2, -0.15) is 0 Å². The van der Waals surface area contributed by atoms with Crippen LogP contribution >= 0.6 is 0 Å². The van der Waals surface area contributed by atoms with Crippen LogP contribution in [0.25, 0.3) is 0 Å². The van der Waals surface area contributed by atoms with Crippen LogP contribution in [0.2, 0.25) is 0 Å². The summed E-state index contributed by atoms with van der Waals surface area (Å²) in [5.74, 6) is -0.379. The molecule has 0 aliphatic carbocycles. The van der Waals surface area contributed by atoms with Crippen LogP contribution in [0.1, 0.15) is 16.8 Å². The first-order valence-electron chi connectivity index (χ1n) is 4.79. The molecular formula is C10H12N2O3. The fourth-order valence-electron chi connectivity index (χ4n) is 1.66. The Bertz CT molecular complexity index is 381. The lowest BCUT2D eigenvalue weighted by Gasteiger charge is -2.15. The maximum absolute atomic E-state index is 11.8. The Kier molecular flexibility index (Phi) is 2.55. The maximum atomic E-state index is 11.8. The van der Waals surface area contributed by atoms with Gasteiger partial charge in [-0.15, -0.1) is 0 Å². The molecule has 0 radical (unpaired) electrons. The van der Waals surface area contributed by atoms with Gasteiger partial charge in [0, 0.05) is 19.3 Å². The fourth-order valence-corrected chi connectivity index (χ4v) is 1.66. The third kappa shape index (κ3) is 1.92. The average molecular weight is 208 g/mol. The normalized spacial score (nSPS) is 20.6. The van der Waals surface area contributed by atoms with Crippen molar-refractivity contribution in [3.63, 3.8) is 0 Å². The zero-order valence-corrected chi connectivity index (χ0v) is 8.13. The summed E-state index contributed by atoms with van der Waals surface area (Å²) >= 11 is 0. The molecule has 1 amide bonds. The molecule has 2 heterocycles. The summed E-state index contributed by atoms with van der Waals surface area (Å²) in [5, 5.41) is 18.7. The number of hydrogen-bond donors (Lipinski definition) is 2. The van der Waals surface area contributed by atoms with E-state index in [4.69, 9.17) is 0 Å². The molecule has 1 atom stereocenters. The summed E-state index contributed by atoms with van der Waals surface area (Å²) in [7, 11) is 0. The lowest BCUT2D eigenvalue weighted by Crippen LogP contribution is -2.29. The number of β-amino-alcohol motifs (C(OH)–C–C–N with tert-alkyl or cyclic N) is 1. The van der Waals surface area contributed by atoms with Gasteiger partial charge in [-0.25, -0.2) is 0 Å². The summed E-state index contributed by atoms with van der Waals surface area (Å²) < 4.78 is 0.